The van der Waals surface area contributed by atoms with Gasteiger partial charge in [-0.3, -0.25) is 19.8 Å². The van der Waals surface area contributed by atoms with E-state index >= 15 is 0 Å². The van der Waals surface area contributed by atoms with Gasteiger partial charge in [0.25, 0.3) is 5.69 Å². The zero-order valence-corrected chi connectivity index (χ0v) is 12.7. The van der Waals surface area contributed by atoms with Crippen LogP contribution >= 0.6 is 0 Å². The maximum Gasteiger partial charge on any atom is 0.282 e. The van der Waals surface area contributed by atoms with Crippen LogP contribution in [0.2, 0.25) is 0 Å². The highest BCUT2D eigenvalue weighted by molar-refractivity contribution is 5.98. The second-order valence-corrected chi connectivity index (χ2v) is 5.44. The van der Waals surface area contributed by atoms with Crippen LogP contribution < -0.4 is 4.90 Å². The highest BCUT2D eigenvalue weighted by Gasteiger charge is 2.25. The zero-order valence-electron chi connectivity index (χ0n) is 12.7. The van der Waals surface area contributed by atoms with Gasteiger partial charge in [-0.25, -0.2) is 0 Å². The molecule has 1 atom stereocenters. The van der Waals surface area contributed by atoms with E-state index in [4.69, 9.17) is 0 Å². The molecule has 0 aromatic heterocycles. The molecule has 0 saturated carbocycles. The summed E-state index contributed by atoms with van der Waals surface area (Å²) < 4.78 is 0. The zero-order chi connectivity index (χ0) is 15.6. The van der Waals surface area contributed by atoms with Crippen molar-refractivity contribution in [1.29, 1.82) is 0 Å². The van der Waals surface area contributed by atoms with E-state index in [9.17, 15) is 14.9 Å². The SMILES string of the molecule is CCN1CCN(c2ccc(C(C)=O)c([N+](=O)[O-])c2)CC1C. The molecule has 1 unspecified atom stereocenters. The lowest BCUT2D eigenvalue weighted by molar-refractivity contribution is -0.385. The molecule has 0 amide bonds. The van der Waals surface area contributed by atoms with Crippen molar-refractivity contribution in [2.24, 2.45) is 0 Å². The molecule has 6 heteroatoms. The quantitative estimate of drug-likeness (QED) is 0.484. The van der Waals surface area contributed by atoms with Crippen molar-refractivity contribution < 1.29 is 9.72 Å². The summed E-state index contributed by atoms with van der Waals surface area (Å²) >= 11 is 0. The summed E-state index contributed by atoms with van der Waals surface area (Å²) in [5.41, 5.74) is 0.879. The lowest BCUT2D eigenvalue weighted by atomic mass is 10.1. The topological polar surface area (TPSA) is 66.7 Å². The summed E-state index contributed by atoms with van der Waals surface area (Å²) in [6.45, 7) is 9.29. The molecule has 0 N–H and O–H groups in total. The minimum absolute atomic E-state index is 0.106. The maximum absolute atomic E-state index is 11.5. The van der Waals surface area contributed by atoms with Crippen LogP contribution in [0.15, 0.2) is 18.2 Å². The van der Waals surface area contributed by atoms with Crippen molar-refractivity contribution in [3.05, 3.63) is 33.9 Å². The molecule has 1 aliphatic heterocycles. The summed E-state index contributed by atoms with van der Waals surface area (Å²) in [4.78, 5) is 26.7. The molecular weight excluding hydrogens is 270 g/mol. The lowest BCUT2D eigenvalue weighted by Crippen LogP contribution is -2.51. The van der Waals surface area contributed by atoms with Crippen molar-refractivity contribution in [3.8, 4) is 0 Å². The second-order valence-electron chi connectivity index (χ2n) is 5.44. The van der Waals surface area contributed by atoms with Gasteiger partial charge < -0.3 is 4.90 Å². The number of benzene rings is 1. The van der Waals surface area contributed by atoms with Crippen LogP contribution in [-0.2, 0) is 0 Å². The Hall–Kier alpha value is -1.95. The first-order valence-corrected chi connectivity index (χ1v) is 7.22. The second kappa shape index (κ2) is 6.22. The van der Waals surface area contributed by atoms with E-state index in [0.717, 1.165) is 31.9 Å². The van der Waals surface area contributed by atoms with Gasteiger partial charge in [0.05, 0.1) is 10.5 Å². The fraction of sp³-hybridized carbons (Fsp3) is 0.533. The molecule has 0 spiro atoms. The van der Waals surface area contributed by atoms with E-state index in [2.05, 4.69) is 23.6 Å². The Bertz CT molecular complexity index is 559. The molecule has 1 aliphatic rings. The molecule has 0 radical (unpaired) electrons. The van der Waals surface area contributed by atoms with E-state index in [1.807, 2.05) is 0 Å². The Balaban J connectivity index is 2.27. The number of carbonyl (C=O) groups is 1. The molecule has 0 bridgehead atoms. The lowest BCUT2D eigenvalue weighted by Gasteiger charge is -2.40. The third-order valence-electron chi connectivity index (χ3n) is 4.09. The fourth-order valence-corrected chi connectivity index (χ4v) is 2.87. The Kier molecular flexibility index (Phi) is 4.57. The number of likely N-dealkylation sites (N-methyl/N-ethyl adjacent to an activating group) is 1. The van der Waals surface area contributed by atoms with E-state index in [0.29, 0.717) is 6.04 Å². The molecule has 1 aromatic carbocycles. The molecule has 1 heterocycles. The summed E-state index contributed by atoms with van der Waals surface area (Å²) in [5.74, 6) is -0.280. The average molecular weight is 291 g/mol. The van der Waals surface area contributed by atoms with Gasteiger partial charge in [0.1, 0.15) is 0 Å². The highest BCUT2D eigenvalue weighted by atomic mass is 16.6. The van der Waals surface area contributed by atoms with Crippen LogP contribution in [0.4, 0.5) is 11.4 Å². The van der Waals surface area contributed by atoms with Crippen LogP contribution in [0, 0.1) is 10.1 Å². The Morgan fingerprint density at radius 2 is 2.14 bits per heavy atom. The highest BCUT2D eigenvalue weighted by Crippen LogP contribution is 2.27. The number of rotatable bonds is 4. The smallest absolute Gasteiger partial charge is 0.282 e. The molecule has 114 valence electrons. The summed E-state index contributed by atoms with van der Waals surface area (Å²) in [6.07, 6.45) is 0. The number of nitrogens with zero attached hydrogens (tertiary/aromatic N) is 3. The van der Waals surface area contributed by atoms with E-state index in [-0.39, 0.29) is 17.0 Å². The van der Waals surface area contributed by atoms with Crippen LogP contribution in [0.3, 0.4) is 0 Å². The molecule has 0 aliphatic carbocycles. The third kappa shape index (κ3) is 3.21. The Morgan fingerprint density at radius 3 is 2.67 bits per heavy atom. The van der Waals surface area contributed by atoms with E-state index in [1.165, 1.54) is 13.0 Å². The number of carbonyl (C=O) groups excluding carboxylic acids is 1. The Labute approximate surface area is 124 Å². The number of hydrogen-bond donors (Lipinski definition) is 0. The number of nitro groups is 1. The standard InChI is InChI=1S/C15H21N3O3/c1-4-16-7-8-17(10-11(16)2)13-5-6-14(12(3)19)15(9-13)18(20)21/h5-6,9,11H,4,7-8,10H2,1-3H3. The van der Waals surface area contributed by atoms with Gasteiger partial charge in [-0.1, -0.05) is 6.92 Å². The van der Waals surface area contributed by atoms with Gasteiger partial charge in [0.2, 0.25) is 0 Å². The third-order valence-corrected chi connectivity index (χ3v) is 4.09. The number of Topliss-reactive ketones (excluding diaryl/α,β-unsaturated/α-hetero) is 1. The number of anilines is 1. The van der Waals surface area contributed by atoms with Crippen molar-refractivity contribution in [3.63, 3.8) is 0 Å². The number of nitro benzene ring substituents is 1. The van der Waals surface area contributed by atoms with Gasteiger partial charge in [0.15, 0.2) is 5.78 Å². The van der Waals surface area contributed by atoms with Crippen LogP contribution in [0.1, 0.15) is 31.1 Å². The first-order valence-electron chi connectivity index (χ1n) is 7.22. The van der Waals surface area contributed by atoms with Gasteiger partial charge in [-0.15, -0.1) is 0 Å². The van der Waals surface area contributed by atoms with Gasteiger partial charge in [0, 0.05) is 37.4 Å². The van der Waals surface area contributed by atoms with E-state index < -0.39 is 4.92 Å². The van der Waals surface area contributed by atoms with E-state index in [1.54, 1.807) is 12.1 Å². The largest absolute Gasteiger partial charge is 0.368 e. The number of ketones is 1. The van der Waals surface area contributed by atoms with Crippen molar-refractivity contribution in [2.75, 3.05) is 31.1 Å². The molecule has 1 saturated heterocycles. The molecule has 1 aromatic rings. The predicted octanol–water partition coefficient (Wildman–Crippen LogP) is 2.33. The van der Waals surface area contributed by atoms with Gasteiger partial charge in [-0.05, 0) is 32.5 Å². The normalized spacial score (nSPS) is 19.6. The molecular formula is C15H21N3O3. The van der Waals surface area contributed by atoms with Crippen LogP contribution in [0.25, 0.3) is 0 Å². The number of piperazine rings is 1. The molecule has 1 fully saturated rings. The van der Waals surface area contributed by atoms with Gasteiger partial charge in [-0.2, -0.15) is 0 Å². The maximum atomic E-state index is 11.5. The number of hydrogen-bond acceptors (Lipinski definition) is 5. The minimum Gasteiger partial charge on any atom is -0.368 e. The minimum atomic E-state index is -0.480. The first kappa shape index (κ1) is 15.4. The van der Waals surface area contributed by atoms with Crippen molar-refractivity contribution in [1.82, 2.24) is 4.90 Å². The predicted molar refractivity (Wildman–Crippen MR) is 82.0 cm³/mol. The van der Waals surface area contributed by atoms with Crippen molar-refractivity contribution >= 4 is 17.2 Å². The first-order chi connectivity index (χ1) is 9.93. The van der Waals surface area contributed by atoms with Crippen LogP contribution in [-0.4, -0.2) is 47.8 Å². The van der Waals surface area contributed by atoms with Crippen LogP contribution in [0.5, 0.6) is 0 Å². The average Bonchev–Trinajstić information content (AvgIpc) is 2.46. The van der Waals surface area contributed by atoms with Crippen molar-refractivity contribution in [2.45, 2.75) is 26.8 Å². The summed E-state index contributed by atoms with van der Waals surface area (Å²) in [7, 11) is 0. The molecule has 6 nitrogen and oxygen atoms in total. The summed E-state index contributed by atoms with van der Waals surface area (Å²) in [6, 6.07) is 5.30. The monoisotopic (exact) mass is 291 g/mol. The molecule has 2 rings (SSSR count). The van der Waals surface area contributed by atoms with Gasteiger partial charge >= 0.3 is 0 Å². The summed E-state index contributed by atoms with van der Waals surface area (Å²) in [5, 5.41) is 11.2. The fourth-order valence-electron chi connectivity index (χ4n) is 2.87. The Morgan fingerprint density at radius 1 is 1.43 bits per heavy atom. The molecule has 21 heavy (non-hydrogen) atoms.